The highest BCUT2D eigenvalue weighted by molar-refractivity contribution is 14.1. The third kappa shape index (κ3) is 4.61. The molecule has 24 heavy (non-hydrogen) atoms. The van der Waals surface area contributed by atoms with Gasteiger partial charge in [-0.1, -0.05) is 48.5 Å². The molecule has 3 aromatic carbocycles. The standard InChI is InChI=1S/C20H16INOS/c21-16-11-13-17(14-12-16)22-20(23)19(15-7-3-1-4-8-15)24-18-9-5-2-6-10-18/h1-14,19H,(H,22,23)/t19-/m1/s1. The molecule has 0 saturated carbocycles. The molecular formula is C20H16INOS. The number of thioether (sulfide) groups is 1. The number of hydrogen-bond acceptors (Lipinski definition) is 2. The van der Waals surface area contributed by atoms with Gasteiger partial charge in [-0.05, 0) is 64.6 Å². The van der Waals surface area contributed by atoms with Crippen LogP contribution in [-0.2, 0) is 4.79 Å². The maximum Gasteiger partial charge on any atom is 0.242 e. The van der Waals surface area contributed by atoms with Gasteiger partial charge in [0.05, 0.1) is 0 Å². The third-order valence-electron chi connectivity index (χ3n) is 3.45. The summed E-state index contributed by atoms with van der Waals surface area (Å²) in [6, 6.07) is 27.7. The highest BCUT2D eigenvalue weighted by Crippen LogP contribution is 2.36. The van der Waals surface area contributed by atoms with Gasteiger partial charge >= 0.3 is 0 Å². The second-order valence-corrected chi connectivity index (χ2v) is 7.64. The van der Waals surface area contributed by atoms with Crippen molar-refractivity contribution in [3.05, 3.63) is 94.1 Å². The molecule has 0 unspecified atom stereocenters. The highest BCUT2D eigenvalue weighted by atomic mass is 127. The van der Waals surface area contributed by atoms with Crippen LogP contribution in [0.3, 0.4) is 0 Å². The molecule has 2 nitrogen and oxygen atoms in total. The minimum absolute atomic E-state index is 0.0174. The smallest absolute Gasteiger partial charge is 0.242 e. The van der Waals surface area contributed by atoms with E-state index >= 15 is 0 Å². The first-order valence-electron chi connectivity index (χ1n) is 7.55. The van der Waals surface area contributed by atoms with Crippen LogP contribution in [-0.4, -0.2) is 5.91 Å². The number of halogens is 1. The molecule has 1 atom stereocenters. The molecule has 0 radical (unpaired) electrons. The predicted octanol–water partition coefficient (Wildman–Crippen LogP) is 5.76. The molecule has 0 fully saturated rings. The van der Waals surface area contributed by atoms with E-state index in [2.05, 4.69) is 27.9 Å². The Labute approximate surface area is 159 Å². The van der Waals surface area contributed by atoms with E-state index < -0.39 is 0 Å². The van der Waals surface area contributed by atoms with Crippen LogP contribution >= 0.6 is 34.4 Å². The number of carbonyl (C=O) groups excluding carboxylic acids is 1. The van der Waals surface area contributed by atoms with Crippen molar-refractivity contribution in [2.24, 2.45) is 0 Å². The van der Waals surface area contributed by atoms with Crippen LogP contribution in [0.5, 0.6) is 0 Å². The molecule has 0 aliphatic heterocycles. The second kappa shape index (κ2) is 8.35. The van der Waals surface area contributed by atoms with Gasteiger partial charge in [-0.25, -0.2) is 0 Å². The summed E-state index contributed by atoms with van der Waals surface area (Å²) in [6.45, 7) is 0. The summed E-state index contributed by atoms with van der Waals surface area (Å²) in [7, 11) is 0. The number of hydrogen-bond donors (Lipinski definition) is 1. The van der Waals surface area contributed by atoms with E-state index in [1.165, 1.54) is 0 Å². The largest absolute Gasteiger partial charge is 0.325 e. The SMILES string of the molecule is O=C(Nc1ccc(I)cc1)[C@H](Sc1ccccc1)c1ccccc1. The van der Waals surface area contributed by atoms with Gasteiger partial charge in [0.1, 0.15) is 5.25 Å². The molecule has 0 saturated heterocycles. The lowest BCUT2D eigenvalue weighted by atomic mass is 10.1. The lowest BCUT2D eigenvalue weighted by Crippen LogP contribution is -2.19. The lowest BCUT2D eigenvalue weighted by molar-refractivity contribution is -0.115. The number of carbonyl (C=O) groups is 1. The second-order valence-electron chi connectivity index (χ2n) is 5.22. The molecule has 0 aromatic heterocycles. The molecular weight excluding hydrogens is 429 g/mol. The first-order valence-corrected chi connectivity index (χ1v) is 9.51. The summed E-state index contributed by atoms with van der Waals surface area (Å²) in [4.78, 5) is 13.9. The summed E-state index contributed by atoms with van der Waals surface area (Å²) in [5.41, 5.74) is 1.81. The van der Waals surface area contributed by atoms with Gasteiger partial charge in [0, 0.05) is 14.2 Å². The van der Waals surface area contributed by atoms with Crippen molar-refractivity contribution in [2.75, 3.05) is 5.32 Å². The van der Waals surface area contributed by atoms with Crippen molar-refractivity contribution in [2.45, 2.75) is 10.1 Å². The Morgan fingerprint density at radius 2 is 1.42 bits per heavy atom. The molecule has 3 aromatic rings. The fraction of sp³-hybridized carbons (Fsp3) is 0.0500. The van der Waals surface area contributed by atoms with E-state index in [9.17, 15) is 4.79 Å². The molecule has 0 bridgehead atoms. The third-order valence-corrected chi connectivity index (χ3v) is 5.43. The Hall–Kier alpha value is -1.79. The number of anilines is 1. The summed E-state index contributed by atoms with van der Waals surface area (Å²) >= 11 is 3.81. The van der Waals surface area contributed by atoms with E-state index in [-0.39, 0.29) is 11.2 Å². The Kier molecular flexibility index (Phi) is 5.93. The Balaban J connectivity index is 1.83. The van der Waals surface area contributed by atoms with Gasteiger partial charge in [0.15, 0.2) is 0 Å². The van der Waals surface area contributed by atoms with Crippen molar-refractivity contribution in [1.82, 2.24) is 0 Å². The molecule has 1 N–H and O–H groups in total. The predicted molar refractivity (Wildman–Crippen MR) is 109 cm³/mol. The van der Waals surface area contributed by atoms with Gasteiger partial charge in [-0.3, -0.25) is 4.79 Å². The van der Waals surface area contributed by atoms with Crippen molar-refractivity contribution in [3.8, 4) is 0 Å². The lowest BCUT2D eigenvalue weighted by Gasteiger charge is -2.17. The average molecular weight is 445 g/mol. The zero-order valence-electron chi connectivity index (χ0n) is 12.9. The molecule has 0 spiro atoms. The summed E-state index contributed by atoms with van der Waals surface area (Å²) < 4.78 is 1.14. The fourth-order valence-corrected chi connectivity index (χ4v) is 3.68. The molecule has 3 rings (SSSR count). The first kappa shape index (κ1) is 17.0. The van der Waals surface area contributed by atoms with Crippen LogP contribution in [0.4, 0.5) is 5.69 Å². The van der Waals surface area contributed by atoms with Crippen molar-refractivity contribution >= 4 is 45.9 Å². The zero-order valence-corrected chi connectivity index (χ0v) is 15.8. The summed E-state index contributed by atoms with van der Waals surface area (Å²) in [5.74, 6) is -0.0174. The van der Waals surface area contributed by atoms with Crippen molar-refractivity contribution in [3.63, 3.8) is 0 Å². The normalized spacial score (nSPS) is 11.7. The number of nitrogens with one attached hydrogen (secondary N) is 1. The topological polar surface area (TPSA) is 29.1 Å². The van der Waals surface area contributed by atoms with Crippen LogP contribution in [0.2, 0.25) is 0 Å². The number of benzene rings is 3. The highest BCUT2D eigenvalue weighted by Gasteiger charge is 2.22. The van der Waals surface area contributed by atoms with Gasteiger partial charge in [0.25, 0.3) is 0 Å². The first-order chi connectivity index (χ1) is 11.7. The van der Waals surface area contributed by atoms with Crippen LogP contribution in [0.1, 0.15) is 10.8 Å². The molecule has 120 valence electrons. The van der Waals surface area contributed by atoms with Crippen molar-refractivity contribution < 1.29 is 4.79 Å². The van der Waals surface area contributed by atoms with Crippen molar-refractivity contribution in [1.29, 1.82) is 0 Å². The average Bonchev–Trinajstić information content (AvgIpc) is 2.63. The van der Waals surface area contributed by atoms with Gasteiger partial charge in [-0.15, -0.1) is 11.8 Å². The molecule has 1 amide bonds. The Morgan fingerprint density at radius 1 is 0.833 bits per heavy atom. The van der Waals surface area contributed by atoms with Gasteiger partial charge < -0.3 is 5.32 Å². The van der Waals surface area contributed by atoms with E-state index in [0.29, 0.717) is 0 Å². The van der Waals surface area contributed by atoms with E-state index in [1.54, 1.807) is 11.8 Å². The Bertz CT molecular complexity index is 791. The number of rotatable bonds is 5. The van der Waals surface area contributed by atoms with E-state index in [4.69, 9.17) is 0 Å². The monoisotopic (exact) mass is 445 g/mol. The zero-order chi connectivity index (χ0) is 16.8. The maximum atomic E-state index is 12.9. The van der Waals surface area contributed by atoms with Crippen LogP contribution in [0, 0.1) is 3.57 Å². The minimum Gasteiger partial charge on any atom is -0.325 e. The van der Waals surface area contributed by atoms with Crippen LogP contribution in [0.15, 0.2) is 89.8 Å². The molecule has 0 heterocycles. The molecule has 0 aliphatic carbocycles. The van der Waals surface area contributed by atoms with E-state index in [1.807, 2.05) is 84.9 Å². The minimum atomic E-state index is -0.298. The molecule has 0 aliphatic rings. The molecule has 4 heteroatoms. The summed E-state index contributed by atoms with van der Waals surface area (Å²) in [6.07, 6.45) is 0. The van der Waals surface area contributed by atoms with Crippen LogP contribution < -0.4 is 5.32 Å². The Morgan fingerprint density at radius 3 is 2.04 bits per heavy atom. The maximum absolute atomic E-state index is 12.9. The fourth-order valence-electron chi connectivity index (χ4n) is 2.28. The quantitative estimate of drug-likeness (QED) is 0.400. The summed E-state index contributed by atoms with van der Waals surface area (Å²) in [5, 5.41) is 2.73. The van der Waals surface area contributed by atoms with Gasteiger partial charge in [-0.2, -0.15) is 0 Å². The van der Waals surface area contributed by atoms with Gasteiger partial charge in [0.2, 0.25) is 5.91 Å². The van der Waals surface area contributed by atoms with Crippen LogP contribution in [0.25, 0.3) is 0 Å². The number of amides is 1. The van der Waals surface area contributed by atoms with E-state index in [0.717, 1.165) is 19.7 Å².